The fourth-order valence-electron chi connectivity index (χ4n) is 7.95. The van der Waals surface area contributed by atoms with E-state index < -0.39 is 54.3 Å². The molecule has 56 heavy (non-hydrogen) atoms. The van der Waals surface area contributed by atoms with Crippen molar-refractivity contribution in [1.82, 2.24) is 25.3 Å². The summed E-state index contributed by atoms with van der Waals surface area (Å²) in [5, 5.41) is 5.95. The molecule has 0 spiro atoms. The lowest BCUT2D eigenvalue weighted by Gasteiger charge is -2.41. The van der Waals surface area contributed by atoms with Crippen molar-refractivity contribution in [2.75, 3.05) is 42.0 Å². The first-order valence-corrected chi connectivity index (χ1v) is 21.3. The second-order valence-electron chi connectivity index (χ2n) is 16.0. The predicted octanol–water partition coefficient (Wildman–Crippen LogP) is 4.69. The Kier molecular flexibility index (Phi) is 20.7. The molecule has 14 heteroatoms. The van der Waals surface area contributed by atoms with Gasteiger partial charge in [0.15, 0.2) is 0 Å². The molecule has 1 aliphatic rings. The van der Waals surface area contributed by atoms with Crippen LogP contribution < -0.4 is 10.6 Å². The normalized spacial score (nSPS) is 19.4. The number of esters is 1. The Morgan fingerprint density at radius 3 is 2.02 bits per heavy atom. The van der Waals surface area contributed by atoms with Gasteiger partial charge in [-0.1, -0.05) is 108 Å². The maximum Gasteiger partial charge on any atom is 0.328 e. The standard InChI is InChI=1S/C42H70IN5O8/c1-14-27(6)37(47(10)41(52)35(25(2)3)45-40(51)36(26(4)5)46(9)29(8)43)33(54-11)24-34(49)48-22-18-21-32(48)38(55-12)28(7)39(50)44-31(42(53)56-13)23-30-19-16-15-17-20-30/h15-17,19-20,25-29,31-33,35-38H,14,18,21-24H2,1-13H3,(H,44,50)(H,45,51)/t27?,28-,29-,31?,32+,33-,35+,36+,37+,38-/m1/s1. The number of halogens is 1. The maximum atomic E-state index is 14.4. The highest BCUT2D eigenvalue weighted by molar-refractivity contribution is 14.1. The van der Waals surface area contributed by atoms with Crippen LogP contribution in [0.5, 0.6) is 0 Å². The maximum absolute atomic E-state index is 14.4. The van der Waals surface area contributed by atoms with E-state index >= 15 is 0 Å². The van der Waals surface area contributed by atoms with Crippen LogP contribution in [0.3, 0.4) is 0 Å². The average molecular weight is 900 g/mol. The Morgan fingerprint density at radius 1 is 0.893 bits per heavy atom. The number of alkyl halides is 1. The number of ether oxygens (including phenoxy) is 3. The number of carbonyl (C=O) groups is 5. The van der Waals surface area contributed by atoms with Gasteiger partial charge in [-0.15, -0.1) is 0 Å². The zero-order chi connectivity index (χ0) is 42.4. The molecule has 1 aromatic rings. The lowest BCUT2D eigenvalue weighted by molar-refractivity contribution is -0.149. The summed E-state index contributed by atoms with van der Waals surface area (Å²) < 4.78 is 17.1. The Balaban J connectivity index is 2.30. The molecule has 1 saturated heterocycles. The molecule has 1 fully saturated rings. The summed E-state index contributed by atoms with van der Waals surface area (Å²) >= 11 is 2.28. The van der Waals surface area contributed by atoms with Crippen LogP contribution in [0, 0.1) is 23.7 Å². The summed E-state index contributed by atoms with van der Waals surface area (Å²) in [5.74, 6) is -2.44. The highest BCUT2D eigenvalue weighted by Crippen LogP contribution is 2.30. The van der Waals surface area contributed by atoms with Crippen LogP contribution in [0.4, 0.5) is 0 Å². The van der Waals surface area contributed by atoms with Crippen LogP contribution in [-0.2, 0) is 44.6 Å². The quantitative estimate of drug-likeness (QED) is 0.0734. The number of nitrogens with one attached hydrogen (secondary N) is 2. The van der Waals surface area contributed by atoms with Gasteiger partial charge in [0, 0.05) is 34.2 Å². The molecule has 2 N–H and O–H groups in total. The number of methoxy groups -OCH3 is 3. The molecule has 318 valence electrons. The highest BCUT2D eigenvalue weighted by Gasteiger charge is 2.43. The molecule has 0 radical (unpaired) electrons. The molecule has 0 saturated carbocycles. The number of hydrogen-bond acceptors (Lipinski definition) is 9. The summed E-state index contributed by atoms with van der Waals surface area (Å²) in [6.07, 6.45) is 1.07. The minimum absolute atomic E-state index is 0.00456. The van der Waals surface area contributed by atoms with Crippen molar-refractivity contribution in [3.63, 3.8) is 0 Å². The van der Waals surface area contributed by atoms with Crippen molar-refractivity contribution in [1.29, 1.82) is 0 Å². The molecule has 1 heterocycles. The fraction of sp³-hybridized carbons (Fsp3) is 0.738. The predicted molar refractivity (Wildman–Crippen MR) is 227 cm³/mol. The third-order valence-corrected chi connectivity index (χ3v) is 12.4. The van der Waals surface area contributed by atoms with E-state index in [4.69, 9.17) is 14.2 Å². The minimum atomic E-state index is -0.892. The molecule has 0 bridgehead atoms. The summed E-state index contributed by atoms with van der Waals surface area (Å²) in [5.41, 5.74) is 0.876. The summed E-state index contributed by atoms with van der Waals surface area (Å²) in [4.78, 5) is 74.2. The Morgan fingerprint density at radius 2 is 1.52 bits per heavy atom. The third-order valence-electron chi connectivity index (χ3n) is 11.5. The van der Waals surface area contributed by atoms with Crippen LogP contribution in [-0.4, -0.2) is 133 Å². The van der Waals surface area contributed by atoms with Crippen molar-refractivity contribution in [2.45, 2.75) is 134 Å². The zero-order valence-corrected chi connectivity index (χ0v) is 38.2. The lowest BCUT2D eigenvalue weighted by Crippen LogP contribution is -2.60. The first kappa shape index (κ1) is 49.3. The lowest BCUT2D eigenvalue weighted by atomic mass is 9.89. The second-order valence-corrected chi connectivity index (χ2v) is 17.8. The molecule has 2 rings (SSSR count). The Hall–Kier alpha value is -2.82. The van der Waals surface area contributed by atoms with E-state index in [0.717, 1.165) is 18.4 Å². The van der Waals surface area contributed by atoms with Crippen molar-refractivity contribution < 1.29 is 38.2 Å². The Labute approximate surface area is 349 Å². The summed E-state index contributed by atoms with van der Waals surface area (Å²) in [6.45, 7) is 16.2. The first-order valence-electron chi connectivity index (χ1n) is 20.1. The summed E-state index contributed by atoms with van der Waals surface area (Å²) in [7, 11) is 8.03. The number of nitrogens with zero attached hydrogens (tertiary/aromatic N) is 3. The monoisotopic (exact) mass is 899 g/mol. The van der Waals surface area contributed by atoms with Crippen LogP contribution in [0.25, 0.3) is 0 Å². The van der Waals surface area contributed by atoms with Gasteiger partial charge < -0.3 is 34.6 Å². The van der Waals surface area contributed by atoms with Gasteiger partial charge in [-0.05, 0) is 50.1 Å². The topological polar surface area (TPSA) is 147 Å². The molecule has 13 nitrogen and oxygen atoms in total. The highest BCUT2D eigenvalue weighted by atomic mass is 127. The van der Waals surface area contributed by atoms with Crippen LogP contribution in [0.2, 0.25) is 0 Å². The van der Waals surface area contributed by atoms with Crippen molar-refractivity contribution in [2.24, 2.45) is 23.7 Å². The number of benzene rings is 1. The smallest absolute Gasteiger partial charge is 0.328 e. The minimum Gasteiger partial charge on any atom is -0.467 e. The van der Waals surface area contributed by atoms with Gasteiger partial charge in [-0.2, -0.15) is 0 Å². The largest absolute Gasteiger partial charge is 0.467 e. The average Bonchev–Trinajstić information content (AvgIpc) is 3.65. The van der Waals surface area contributed by atoms with E-state index in [9.17, 15) is 24.0 Å². The van der Waals surface area contributed by atoms with Crippen LogP contribution in [0.15, 0.2) is 30.3 Å². The SMILES string of the molecule is CCC(C)[C@@H]([C@@H](CC(=O)N1CCC[C@H]1[C@H](OC)[C@@H](C)C(=O)NC(Cc1ccccc1)C(=O)OC)OC)N(C)C(=O)[C@@H](NC(=O)[C@H](C(C)C)N(C)[C@H](C)I)C(C)C. The van der Waals surface area contributed by atoms with Crippen LogP contribution in [0.1, 0.15) is 86.6 Å². The van der Waals surface area contributed by atoms with Gasteiger partial charge in [0.1, 0.15) is 12.1 Å². The molecule has 1 aliphatic heterocycles. The Bertz CT molecular complexity index is 1410. The van der Waals surface area contributed by atoms with Gasteiger partial charge in [0.25, 0.3) is 0 Å². The fourth-order valence-corrected chi connectivity index (χ4v) is 8.29. The van der Waals surface area contributed by atoms with Gasteiger partial charge >= 0.3 is 5.97 Å². The van der Waals surface area contributed by atoms with E-state index in [0.29, 0.717) is 13.0 Å². The molecule has 4 amide bonds. The zero-order valence-electron chi connectivity index (χ0n) is 36.0. The number of carbonyl (C=O) groups excluding carboxylic acids is 5. The van der Waals surface area contributed by atoms with Gasteiger partial charge in [0.05, 0.1) is 53.8 Å². The van der Waals surface area contributed by atoms with E-state index in [1.165, 1.54) is 14.2 Å². The van der Waals surface area contributed by atoms with E-state index in [2.05, 4.69) is 33.2 Å². The molecule has 10 atom stereocenters. The van der Waals surface area contributed by atoms with Gasteiger partial charge in [-0.25, -0.2) is 4.79 Å². The van der Waals surface area contributed by atoms with Crippen molar-refractivity contribution in [3.05, 3.63) is 35.9 Å². The third kappa shape index (κ3) is 13.1. The van der Waals surface area contributed by atoms with Crippen molar-refractivity contribution in [3.8, 4) is 0 Å². The molecular formula is C42H70IN5O8. The van der Waals surface area contributed by atoms with Crippen molar-refractivity contribution >= 4 is 52.2 Å². The second kappa shape index (κ2) is 23.6. The first-order chi connectivity index (χ1) is 26.4. The number of amides is 4. The molecule has 0 aromatic heterocycles. The van der Waals surface area contributed by atoms with E-state index in [-0.39, 0.29) is 58.3 Å². The molecule has 2 unspecified atom stereocenters. The number of likely N-dealkylation sites (N-methyl/N-ethyl adjacent to an activating group) is 2. The van der Waals surface area contributed by atoms with E-state index in [1.807, 2.05) is 90.7 Å². The van der Waals surface area contributed by atoms with Gasteiger partial charge in [-0.3, -0.25) is 24.1 Å². The number of rotatable bonds is 22. The summed E-state index contributed by atoms with van der Waals surface area (Å²) in [6, 6.07) is 6.43. The molecule has 0 aliphatic carbocycles. The van der Waals surface area contributed by atoms with Gasteiger partial charge in [0.2, 0.25) is 23.6 Å². The number of hydrogen-bond donors (Lipinski definition) is 2. The van der Waals surface area contributed by atoms with E-state index in [1.54, 1.807) is 30.9 Å². The number of likely N-dealkylation sites (tertiary alicyclic amines) is 1. The van der Waals surface area contributed by atoms with Crippen LogP contribution >= 0.6 is 22.6 Å². The molecular weight excluding hydrogens is 829 g/mol. The molecule has 1 aromatic carbocycles.